The average molecular weight is 389 g/mol. The molecule has 0 aliphatic rings. The van der Waals surface area contributed by atoms with E-state index in [9.17, 15) is 12.8 Å². The van der Waals surface area contributed by atoms with Gasteiger partial charge in [0.2, 0.25) is 21.8 Å². The van der Waals surface area contributed by atoms with Gasteiger partial charge in [0.05, 0.1) is 4.90 Å². The smallest absolute Gasteiger partial charge is 0.247 e. The maximum absolute atomic E-state index is 13.0. The van der Waals surface area contributed by atoms with Crippen molar-refractivity contribution in [2.45, 2.75) is 31.1 Å². The molecule has 0 bridgehead atoms. The molecule has 0 fully saturated rings. The minimum atomic E-state index is -3.60. The largest absolute Gasteiger partial charge is 0.421 e. The van der Waals surface area contributed by atoms with Gasteiger partial charge in [-0.2, -0.15) is 0 Å². The summed E-state index contributed by atoms with van der Waals surface area (Å²) < 4.78 is 45.7. The van der Waals surface area contributed by atoms with E-state index in [-0.39, 0.29) is 29.6 Å². The Bertz CT molecular complexity index is 997. The molecule has 6 nitrogen and oxygen atoms in total. The zero-order valence-electron chi connectivity index (χ0n) is 15.0. The Kier molecular flexibility index (Phi) is 5.67. The summed E-state index contributed by atoms with van der Waals surface area (Å²) in [5.74, 6) is 0.543. The van der Waals surface area contributed by atoms with Crippen LogP contribution < -0.4 is 4.72 Å². The van der Waals surface area contributed by atoms with Crippen molar-refractivity contribution in [1.82, 2.24) is 14.9 Å². The molecule has 1 N–H and O–H groups in total. The Morgan fingerprint density at radius 3 is 2.33 bits per heavy atom. The molecule has 0 spiro atoms. The molecule has 2 aromatic carbocycles. The van der Waals surface area contributed by atoms with Crippen molar-refractivity contribution < 1.29 is 17.2 Å². The normalized spacial score (nSPS) is 11.9. The van der Waals surface area contributed by atoms with E-state index in [4.69, 9.17) is 4.42 Å². The van der Waals surface area contributed by atoms with Gasteiger partial charge >= 0.3 is 0 Å². The first-order valence-corrected chi connectivity index (χ1v) is 10.0. The highest BCUT2D eigenvalue weighted by Crippen LogP contribution is 2.19. The number of hydrogen-bond acceptors (Lipinski definition) is 5. The van der Waals surface area contributed by atoms with E-state index in [1.807, 2.05) is 26.0 Å². The summed E-state index contributed by atoms with van der Waals surface area (Å²) in [6.07, 6.45) is 0.248. The fraction of sp³-hybridized carbons (Fsp3) is 0.263. The van der Waals surface area contributed by atoms with Gasteiger partial charge in [-0.05, 0) is 47.9 Å². The Balaban J connectivity index is 1.60. The third-order valence-corrected chi connectivity index (χ3v) is 5.52. The molecule has 0 aliphatic carbocycles. The summed E-state index contributed by atoms with van der Waals surface area (Å²) in [7, 11) is -3.60. The van der Waals surface area contributed by atoms with Gasteiger partial charge < -0.3 is 4.42 Å². The van der Waals surface area contributed by atoms with E-state index in [0.717, 1.165) is 5.56 Å². The van der Waals surface area contributed by atoms with Crippen molar-refractivity contribution in [2.24, 2.45) is 0 Å². The Hall–Kier alpha value is -2.58. The lowest BCUT2D eigenvalue weighted by atomic mass is 10.0. The predicted molar refractivity (Wildman–Crippen MR) is 99.1 cm³/mol. The third kappa shape index (κ3) is 4.78. The van der Waals surface area contributed by atoms with Crippen LogP contribution in [0, 0.1) is 5.82 Å². The first-order valence-electron chi connectivity index (χ1n) is 8.53. The monoisotopic (exact) mass is 389 g/mol. The van der Waals surface area contributed by atoms with Crippen molar-refractivity contribution in [3.05, 3.63) is 65.8 Å². The van der Waals surface area contributed by atoms with Crippen LogP contribution in [0.2, 0.25) is 0 Å². The Morgan fingerprint density at radius 1 is 1.04 bits per heavy atom. The van der Waals surface area contributed by atoms with E-state index in [1.165, 1.54) is 24.3 Å². The predicted octanol–water partition coefficient (Wildman–Crippen LogP) is 3.52. The first-order chi connectivity index (χ1) is 12.8. The lowest BCUT2D eigenvalue weighted by Crippen LogP contribution is -2.26. The van der Waals surface area contributed by atoms with Gasteiger partial charge in [0.15, 0.2) is 0 Å². The van der Waals surface area contributed by atoms with Crippen LogP contribution in [-0.2, 0) is 16.4 Å². The molecule has 0 saturated carbocycles. The van der Waals surface area contributed by atoms with Crippen molar-refractivity contribution in [1.29, 1.82) is 0 Å². The molecule has 27 heavy (non-hydrogen) atoms. The second kappa shape index (κ2) is 7.98. The van der Waals surface area contributed by atoms with Crippen LogP contribution in [0.15, 0.2) is 57.8 Å². The lowest BCUT2D eigenvalue weighted by molar-refractivity contribution is 0.502. The van der Waals surface area contributed by atoms with Crippen LogP contribution in [-0.4, -0.2) is 25.2 Å². The van der Waals surface area contributed by atoms with Crippen LogP contribution in [0.5, 0.6) is 0 Å². The zero-order valence-corrected chi connectivity index (χ0v) is 15.8. The molecule has 0 saturated heterocycles. The van der Waals surface area contributed by atoms with Crippen LogP contribution in [0.25, 0.3) is 11.5 Å². The molecular formula is C19H20FN3O3S. The quantitative estimate of drug-likeness (QED) is 0.668. The van der Waals surface area contributed by atoms with Gasteiger partial charge in [0.1, 0.15) is 5.82 Å². The standard InChI is InChI=1S/C19H20FN3O3S/c1-13(2)14-5-9-17(10-6-14)27(24,25)21-12-11-18-22-23-19(26-18)15-3-7-16(20)8-4-15/h3-10,13,21H,11-12H2,1-2H3. The minimum absolute atomic E-state index is 0.124. The van der Waals surface area contributed by atoms with E-state index >= 15 is 0 Å². The van der Waals surface area contributed by atoms with Gasteiger partial charge in [-0.15, -0.1) is 10.2 Å². The fourth-order valence-electron chi connectivity index (χ4n) is 2.47. The molecule has 1 aromatic heterocycles. The van der Waals surface area contributed by atoms with Gasteiger partial charge in [0.25, 0.3) is 0 Å². The average Bonchev–Trinajstić information content (AvgIpc) is 3.11. The first kappa shape index (κ1) is 19.2. The number of halogens is 1. The summed E-state index contributed by atoms with van der Waals surface area (Å²) in [5.41, 5.74) is 1.68. The van der Waals surface area contributed by atoms with E-state index < -0.39 is 10.0 Å². The number of aromatic nitrogens is 2. The highest BCUT2D eigenvalue weighted by Gasteiger charge is 2.15. The molecular weight excluding hydrogens is 369 g/mol. The molecule has 0 amide bonds. The highest BCUT2D eigenvalue weighted by atomic mass is 32.2. The molecule has 0 aliphatic heterocycles. The van der Waals surface area contributed by atoms with Crippen LogP contribution >= 0.6 is 0 Å². The summed E-state index contributed by atoms with van der Waals surface area (Å²) in [4.78, 5) is 0.212. The molecule has 142 valence electrons. The van der Waals surface area contributed by atoms with Crippen molar-refractivity contribution in [3.63, 3.8) is 0 Å². The maximum atomic E-state index is 13.0. The lowest BCUT2D eigenvalue weighted by Gasteiger charge is -2.08. The van der Waals surface area contributed by atoms with Gasteiger partial charge in [0, 0.05) is 18.5 Å². The van der Waals surface area contributed by atoms with Crippen molar-refractivity contribution in [3.8, 4) is 11.5 Å². The number of sulfonamides is 1. The third-order valence-electron chi connectivity index (χ3n) is 4.05. The number of hydrogen-bond donors (Lipinski definition) is 1. The van der Waals surface area contributed by atoms with Gasteiger partial charge in [-0.25, -0.2) is 17.5 Å². The second-order valence-electron chi connectivity index (χ2n) is 6.38. The minimum Gasteiger partial charge on any atom is -0.421 e. The van der Waals surface area contributed by atoms with E-state index in [1.54, 1.807) is 12.1 Å². The number of nitrogens with one attached hydrogen (secondary N) is 1. The molecule has 0 unspecified atom stereocenters. The summed E-state index contributed by atoms with van der Waals surface area (Å²) in [6.45, 7) is 4.22. The van der Waals surface area contributed by atoms with E-state index in [2.05, 4.69) is 14.9 Å². The molecule has 0 radical (unpaired) electrons. The van der Waals surface area contributed by atoms with Crippen molar-refractivity contribution >= 4 is 10.0 Å². The molecule has 1 heterocycles. The topological polar surface area (TPSA) is 85.1 Å². The number of benzene rings is 2. The fourth-order valence-corrected chi connectivity index (χ4v) is 3.50. The summed E-state index contributed by atoms with van der Waals surface area (Å²) >= 11 is 0. The SMILES string of the molecule is CC(C)c1ccc(S(=O)(=O)NCCc2nnc(-c3ccc(F)cc3)o2)cc1. The molecule has 8 heteroatoms. The summed E-state index contributed by atoms with van der Waals surface area (Å²) in [5, 5.41) is 7.79. The number of nitrogens with zero attached hydrogens (tertiary/aromatic N) is 2. The zero-order chi connectivity index (χ0) is 19.4. The van der Waals surface area contributed by atoms with Gasteiger partial charge in [-0.3, -0.25) is 0 Å². The second-order valence-corrected chi connectivity index (χ2v) is 8.15. The molecule has 3 aromatic rings. The van der Waals surface area contributed by atoms with Crippen LogP contribution in [0.1, 0.15) is 31.2 Å². The Morgan fingerprint density at radius 2 is 1.70 bits per heavy atom. The van der Waals surface area contributed by atoms with Gasteiger partial charge in [-0.1, -0.05) is 26.0 Å². The van der Waals surface area contributed by atoms with Crippen LogP contribution in [0.3, 0.4) is 0 Å². The van der Waals surface area contributed by atoms with Crippen LogP contribution in [0.4, 0.5) is 4.39 Å². The number of rotatable bonds is 7. The Labute approximate surface area is 157 Å². The summed E-state index contributed by atoms with van der Waals surface area (Å²) in [6, 6.07) is 12.5. The molecule has 0 atom stereocenters. The van der Waals surface area contributed by atoms with Crippen molar-refractivity contribution in [2.75, 3.05) is 6.54 Å². The van der Waals surface area contributed by atoms with E-state index in [0.29, 0.717) is 17.4 Å². The maximum Gasteiger partial charge on any atom is 0.247 e. The molecule has 3 rings (SSSR count). The highest BCUT2D eigenvalue weighted by molar-refractivity contribution is 7.89.